The number of hydrogen-bond acceptors (Lipinski definition) is 15. The average molecular weight is 1520 g/mol. The maximum Gasteiger partial charge on any atom is 0.472 e. The van der Waals surface area contributed by atoms with Crippen molar-refractivity contribution in [2.75, 3.05) is 39.6 Å². The molecule has 19 heteroatoms. The standard InChI is InChI=1S/C85H166O17P2/c1-8-9-10-11-12-13-14-15-16-17-18-19-20-21-24-28-33-38-47-54-61-68-84(89)101-80(72-95-82(87)66-59-52-45-37-32-27-25-22-23-26-30-35-42-49-56-63-76(2)3)74-99-103(91,92)97-70-79(86)71-98-104(93,94)100-75-81(73-96-83(88)67-60-53-46-41-40-44-51-58-65-78(6)7)102-85(90)69-62-55-48-39-34-29-31-36-43-50-57-64-77(4)5/h76-81,86H,8-75H2,1-7H3,(H,91,92)(H,93,94)/t79-,80-,81-/m1/s1. The van der Waals surface area contributed by atoms with Crippen LogP contribution in [0, 0.1) is 17.8 Å². The molecule has 0 fully saturated rings. The van der Waals surface area contributed by atoms with Gasteiger partial charge in [-0.05, 0) is 43.4 Å². The molecule has 0 radical (unpaired) electrons. The van der Waals surface area contributed by atoms with Gasteiger partial charge in [0.15, 0.2) is 12.2 Å². The Morgan fingerprint density at radius 1 is 0.260 bits per heavy atom. The van der Waals surface area contributed by atoms with Gasteiger partial charge in [0.05, 0.1) is 26.4 Å². The van der Waals surface area contributed by atoms with Gasteiger partial charge in [-0.1, -0.05) is 395 Å². The highest BCUT2D eigenvalue weighted by molar-refractivity contribution is 7.47. The Balaban J connectivity index is 5.24. The van der Waals surface area contributed by atoms with Crippen LogP contribution in [0.15, 0.2) is 0 Å². The molecule has 0 aliphatic carbocycles. The topological polar surface area (TPSA) is 237 Å². The second-order valence-electron chi connectivity index (χ2n) is 32.0. The van der Waals surface area contributed by atoms with Crippen LogP contribution >= 0.6 is 15.6 Å². The zero-order valence-corrected chi connectivity index (χ0v) is 70.3. The molecular weight excluding hydrogens is 1350 g/mol. The Bertz CT molecular complexity index is 2010. The van der Waals surface area contributed by atoms with E-state index in [1.807, 2.05) is 0 Å². The number of phosphoric ester groups is 2. The van der Waals surface area contributed by atoms with Crippen LogP contribution in [0.3, 0.4) is 0 Å². The van der Waals surface area contributed by atoms with Crippen molar-refractivity contribution < 1.29 is 80.2 Å². The van der Waals surface area contributed by atoms with Crippen LogP contribution < -0.4 is 0 Å². The Morgan fingerprint density at radius 2 is 0.442 bits per heavy atom. The molecule has 0 heterocycles. The molecule has 618 valence electrons. The van der Waals surface area contributed by atoms with Gasteiger partial charge >= 0.3 is 39.5 Å². The average Bonchev–Trinajstić information content (AvgIpc) is 0.906. The van der Waals surface area contributed by atoms with E-state index in [4.69, 9.17) is 37.0 Å². The van der Waals surface area contributed by atoms with E-state index in [1.165, 1.54) is 257 Å². The Kier molecular flexibility index (Phi) is 73.7. The Hall–Kier alpha value is -1.94. The fourth-order valence-corrected chi connectivity index (χ4v) is 14.8. The second kappa shape index (κ2) is 75.1. The largest absolute Gasteiger partial charge is 0.472 e. The fourth-order valence-electron chi connectivity index (χ4n) is 13.2. The van der Waals surface area contributed by atoms with Crippen LogP contribution in [0.1, 0.15) is 447 Å². The van der Waals surface area contributed by atoms with Crippen LogP contribution in [0.25, 0.3) is 0 Å². The fraction of sp³-hybridized carbons (Fsp3) is 0.953. The summed E-state index contributed by atoms with van der Waals surface area (Å²) in [5.74, 6) is 0.191. The van der Waals surface area contributed by atoms with Crippen molar-refractivity contribution in [2.24, 2.45) is 17.8 Å². The van der Waals surface area contributed by atoms with E-state index in [0.29, 0.717) is 25.7 Å². The lowest BCUT2D eigenvalue weighted by atomic mass is 10.0. The summed E-state index contributed by atoms with van der Waals surface area (Å²) in [5.41, 5.74) is 0. The van der Waals surface area contributed by atoms with E-state index in [2.05, 4.69) is 48.5 Å². The SMILES string of the molecule is CCCCCCCCCCCCCCCCCCCCCCCC(=O)O[C@H](COC(=O)CCCCCCCCCCCCCCCCCC(C)C)COP(=O)(O)OC[C@@H](O)COP(=O)(O)OC[C@@H](COC(=O)CCCCCCCCCCC(C)C)OC(=O)CCCCCCCCCCCCCC(C)C. The molecule has 0 amide bonds. The molecule has 5 atom stereocenters. The van der Waals surface area contributed by atoms with Gasteiger partial charge in [-0.3, -0.25) is 37.3 Å². The molecule has 0 saturated heterocycles. The zero-order chi connectivity index (χ0) is 76.5. The molecule has 0 aliphatic rings. The first-order valence-electron chi connectivity index (χ1n) is 43.8. The third-order valence-electron chi connectivity index (χ3n) is 19.9. The van der Waals surface area contributed by atoms with Crippen LogP contribution in [0.2, 0.25) is 0 Å². The van der Waals surface area contributed by atoms with Gasteiger partial charge in [0.1, 0.15) is 19.3 Å². The summed E-state index contributed by atoms with van der Waals surface area (Å²) in [6, 6.07) is 0. The molecule has 0 aliphatic heterocycles. The van der Waals surface area contributed by atoms with E-state index >= 15 is 0 Å². The number of carbonyl (C=O) groups is 4. The van der Waals surface area contributed by atoms with Crippen LogP contribution in [0.5, 0.6) is 0 Å². The van der Waals surface area contributed by atoms with Crippen molar-refractivity contribution in [1.29, 1.82) is 0 Å². The normalized spacial score (nSPS) is 13.9. The lowest BCUT2D eigenvalue weighted by Gasteiger charge is -2.21. The molecule has 3 N–H and O–H groups in total. The Labute approximate surface area is 638 Å². The number of phosphoric acid groups is 2. The van der Waals surface area contributed by atoms with Gasteiger partial charge in [0.2, 0.25) is 0 Å². The number of hydrogen-bond donors (Lipinski definition) is 3. The molecule has 0 rings (SSSR count). The molecule has 0 spiro atoms. The number of aliphatic hydroxyl groups excluding tert-OH is 1. The van der Waals surface area contributed by atoms with Crippen LogP contribution in [-0.2, 0) is 65.4 Å². The second-order valence-corrected chi connectivity index (χ2v) is 34.9. The van der Waals surface area contributed by atoms with Gasteiger partial charge in [-0.2, -0.15) is 0 Å². The maximum absolute atomic E-state index is 13.1. The van der Waals surface area contributed by atoms with Crippen LogP contribution in [0.4, 0.5) is 0 Å². The molecule has 0 aromatic carbocycles. The summed E-state index contributed by atoms with van der Waals surface area (Å²) in [5, 5.41) is 10.7. The van der Waals surface area contributed by atoms with E-state index < -0.39 is 97.5 Å². The molecule has 0 bridgehead atoms. The minimum absolute atomic E-state index is 0.106. The number of unbranched alkanes of at least 4 members (excludes halogenated alkanes) is 51. The highest BCUT2D eigenvalue weighted by Gasteiger charge is 2.30. The molecule has 104 heavy (non-hydrogen) atoms. The summed E-state index contributed by atoms with van der Waals surface area (Å²) in [6.07, 6.45) is 65.4. The Morgan fingerprint density at radius 3 is 0.654 bits per heavy atom. The van der Waals surface area contributed by atoms with E-state index in [9.17, 15) is 43.2 Å². The summed E-state index contributed by atoms with van der Waals surface area (Å²) < 4.78 is 68.9. The lowest BCUT2D eigenvalue weighted by molar-refractivity contribution is -0.161. The molecule has 0 aromatic heterocycles. The highest BCUT2D eigenvalue weighted by Crippen LogP contribution is 2.45. The van der Waals surface area contributed by atoms with Gasteiger partial charge < -0.3 is 33.8 Å². The molecule has 0 saturated carbocycles. The van der Waals surface area contributed by atoms with Crippen molar-refractivity contribution in [3.63, 3.8) is 0 Å². The summed E-state index contributed by atoms with van der Waals surface area (Å²) in [7, 11) is -9.93. The minimum Gasteiger partial charge on any atom is -0.462 e. The van der Waals surface area contributed by atoms with Gasteiger partial charge in [-0.15, -0.1) is 0 Å². The van der Waals surface area contributed by atoms with Gasteiger partial charge in [0.25, 0.3) is 0 Å². The predicted molar refractivity (Wildman–Crippen MR) is 428 cm³/mol. The minimum atomic E-state index is -4.97. The predicted octanol–water partition coefficient (Wildman–Crippen LogP) is 25.7. The smallest absolute Gasteiger partial charge is 0.462 e. The quantitative estimate of drug-likeness (QED) is 0.0222. The van der Waals surface area contributed by atoms with E-state index in [-0.39, 0.29) is 25.7 Å². The zero-order valence-electron chi connectivity index (χ0n) is 68.5. The first-order chi connectivity index (χ1) is 50.2. The van der Waals surface area contributed by atoms with Gasteiger partial charge in [0, 0.05) is 25.7 Å². The number of rotatable bonds is 83. The molecule has 2 unspecified atom stereocenters. The van der Waals surface area contributed by atoms with E-state index in [0.717, 1.165) is 108 Å². The molecular formula is C85H166O17P2. The van der Waals surface area contributed by atoms with E-state index in [1.54, 1.807) is 0 Å². The van der Waals surface area contributed by atoms with Crippen molar-refractivity contribution in [3.8, 4) is 0 Å². The summed E-state index contributed by atoms with van der Waals surface area (Å²) in [4.78, 5) is 73.2. The highest BCUT2D eigenvalue weighted by atomic mass is 31.2. The molecule has 17 nitrogen and oxygen atoms in total. The number of carbonyl (C=O) groups excluding carboxylic acids is 4. The third kappa shape index (κ3) is 78.2. The first-order valence-corrected chi connectivity index (χ1v) is 46.8. The van der Waals surface area contributed by atoms with Crippen LogP contribution in [-0.4, -0.2) is 96.7 Å². The number of aliphatic hydroxyl groups is 1. The first kappa shape index (κ1) is 102. The molecule has 0 aromatic rings. The van der Waals surface area contributed by atoms with Crippen molar-refractivity contribution in [2.45, 2.75) is 465 Å². The van der Waals surface area contributed by atoms with Crippen molar-refractivity contribution >= 4 is 39.5 Å². The summed E-state index contributed by atoms with van der Waals surface area (Å²) in [6.45, 7) is 12.0. The lowest BCUT2D eigenvalue weighted by Crippen LogP contribution is -2.30. The maximum atomic E-state index is 13.1. The monoisotopic (exact) mass is 1520 g/mol. The van der Waals surface area contributed by atoms with Gasteiger partial charge in [-0.25, -0.2) is 9.13 Å². The number of ether oxygens (including phenoxy) is 4. The number of esters is 4. The summed E-state index contributed by atoms with van der Waals surface area (Å²) >= 11 is 0. The third-order valence-corrected chi connectivity index (χ3v) is 21.8. The van der Waals surface area contributed by atoms with Crippen molar-refractivity contribution in [3.05, 3.63) is 0 Å². The van der Waals surface area contributed by atoms with Crippen molar-refractivity contribution in [1.82, 2.24) is 0 Å².